The maximum atomic E-state index is 13.3. The largest absolute Gasteiger partial charge is 0.395 e. The second kappa shape index (κ2) is 9.82. The summed E-state index contributed by atoms with van der Waals surface area (Å²) < 4.78 is 29.9. The van der Waals surface area contributed by atoms with Crippen LogP contribution in [0.15, 0.2) is 41.8 Å². The van der Waals surface area contributed by atoms with E-state index >= 15 is 0 Å². The third-order valence-electron chi connectivity index (χ3n) is 7.69. The van der Waals surface area contributed by atoms with Crippen LogP contribution >= 0.6 is 0 Å². The van der Waals surface area contributed by atoms with Crippen LogP contribution in [0.2, 0.25) is 0 Å². The van der Waals surface area contributed by atoms with Gasteiger partial charge in [0, 0.05) is 55.8 Å². The van der Waals surface area contributed by atoms with Crippen LogP contribution in [0, 0.1) is 17.8 Å². The second-order valence-corrected chi connectivity index (χ2v) is 11.8. The lowest BCUT2D eigenvalue weighted by atomic mass is 9.74. The Hall–Kier alpha value is -2.18. The molecule has 0 bridgehead atoms. The van der Waals surface area contributed by atoms with Crippen LogP contribution in [-0.2, 0) is 17.1 Å². The van der Waals surface area contributed by atoms with Crippen LogP contribution < -0.4 is 0 Å². The first-order valence-corrected chi connectivity index (χ1v) is 13.9. The van der Waals surface area contributed by atoms with E-state index in [9.17, 15) is 13.5 Å². The van der Waals surface area contributed by atoms with E-state index in [-0.39, 0.29) is 29.6 Å². The van der Waals surface area contributed by atoms with Crippen LogP contribution in [0.25, 0.3) is 0 Å². The van der Waals surface area contributed by atoms with E-state index in [0.717, 1.165) is 30.5 Å². The minimum absolute atomic E-state index is 0.0120. The van der Waals surface area contributed by atoms with Crippen LogP contribution in [0.5, 0.6) is 0 Å². The van der Waals surface area contributed by atoms with E-state index in [0.29, 0.717) is 19.0 Å². The summed E-state index contributed by atoms with van der Waals surface area (Å²) >= 11 is 0. The van der Waals surface area contributed by atoms with E-state index in [1.165, 1.54) is 32.0 Å². The maximum Gasteiger partial charge on any atom is 0.262 e. The number of hydrogen-bond acceptors (Lipinski definition) is 5. The number of aliphatic hydroxyl groups is 1. The fourth-order valence-corrected chi connectivity index (χ4v) is 7.29. The normalized spacial score (nSPS) is 26.7. The van der Waals surface area contributed by atoms with Gasteiger partial charge in [-0.05, 0) is 49.9 Å². The van der Waals surface area contributed by atoms with Crippen LogP contribution in [0.3, 0.4) is 0 Å². The highest BCUT2D eigenvalue weighted by Gasteiger charge is 2.50. The molecule has 5 rings (SSSR count). The Morgan fingerprint density at radius 3 is 2.50 bits per heavy atom. The summed E-state index contributed by atoms with van der Waals surface area (Å²) in [6, 6.07) is 8.41. The number of rotatable bonds is 4. The third kappa shape index (κ3) is 4.55. The van der Waals surface area contributed by atoms with Gasteiger partial charge in [-0.1, -0.05) is 36.8 Å². The van der Waals surface area contributed by atoms with E-state index in [1.807, 2.05) is 0 Å². The molecule has 1 saturated carbocycles. The number of imidazole rings is 1. The van der Waals surface area contributed by atoms with Crippen LogP contribution in [-0.4, -0.2) is 70.6 Å². The van der Waals surface area contributed by atoms with Crippen molar-refractivity contribution in [3.63, 3.8) is 0 Å². The fraction of sp³-hybridized carbons (Fsp3) is 0.577. The van der Waals surface area contributed by atoms with Crippen molar-refractivity contribution < 1.29 is 13.5 Å². The maximum absolute atomic E-state index is 13.3. The standard InChI is InChI=1S/C26H34N4O3S/c1-28-17-25(27-19-28)34(32,33)29-14-4-5-15-30-23(16-29)26(24(30)18-31)22-12-10-21(11-13-22)9-8-20-6-2-3-7-20/h10-13,17,19-20,23-24,26,31H,2-7,14-16,18H2,1H3/t23-,24+,26-/m1/s1. The summed E-state index contributed by atoms with van der Waals surface area (Å²) in [4.78, 5) is 6.40. The predicted octanol–water partition coefficient (Wildman–Crippen LogP) is 2.58. The molecule has 1 N–H and O–H groups in total. The molecule has 34 heavy (non-hydrogen) atoms. The van der Waals surface area contributed by atoms with Gasteiger partial charge in [-0.25, -0.2) is 13.4 Å². The van der Waals surface area contributed by atoms with Gasteiger partial charge in [0.1, 0.15) is 0 Å². The fourth-order valence-electron chi connectivity index (χ4n) is 5.83. The van der Waals surface area contributed by atoms with Gasteiger partial charge in [0.25, 0.3) is 10.0 Å². The second-order valence-electron chi connectivity index (χ2n) is 9.90. The van der Waals surface area contributed by atoms with Crippen molar-refractivity contribution in [2.45, 2.75) is 61.6 Å². The monoisotopic (exact) mass is 482 g/mol. The molecular weight excluding hydrogens is 448 g/mol. The summed E-state index contributed by atoms with van der Waals surface area (Å²) in [5, 5.41) is 10.3. The van der Waals surface area contributed by atoms with Crippen molar-refractivity contribution in [3.05, 3.63) is 47.9 Å². The highest BCUT2D eigenvalue weighted by atomic mass is 32.2. The Bertz CT molecular complexity index is 1160. The molecule has 2 saturated heterocycles. The molecule has 3 heterocycles. The van der Waals surface area contributed by atoms with Gasteiger partial charge >= 0.3 is 0 Å². The number of sulfonamides is 1. The van der Waals surface area contributed by atoms with Gasteiger partial charge in [0.2, 0.25) is 0 Å². The Kier molecular flexibility index (Phi) is 6.81. The molecule has 0 amide bonds. The molecule has 1 aliphatic carbocycles. The summed E-state index contributed by atoms with van der Waals surface area (Å²) in [6.07, 6.45) is 9.78. The minimum Gasteiger partial charge on any atom is -0.395 e. The molecule has 1 aromatic carbocycles. The van der Waals surface area contributed by atoms with Crippen LogP contribution in [0.4, 0.5) is 0 Å². The lowest BCUT2D eigenvalue weighted by Crippen LogP contribution is -2.67. The van der Waals surface area contributed by atoms with E-state index < -0.39 is 10.0 Å². The average molecular weight is 483 g/mol. The zero-order valence-electron chi connectivity index (χ0n) is 19.8. The molecule has 182 valence electrons. The molecule has 2 aromatic rings. The van der Waals surface area contributed by atoms with Crippen molar-refractivity contribution in [2.75, 3.05) is 26.2 Å². The number of hydrogen-bond donors (Lipinski definition) is 1. The average Bonchev–Trinajstić information content (AvgIpc) is 3.49. The van der Waals surface area contributed by atoms with Crippen LogP contribution in [0.1, 0.15) is 55.6 Å². The van der Waals surface area contributed by atoms with Gasteiger partial charge in [-0.15, -0.1) is 0 Å². The molecule has 3 atom stereocenters. The first kappa shape index (κ1) is 23.6. The summed E-state index contributed by atoms with van der Waals surface area (Å²) in [6.45, 7) is 1.85. The van der Waals surface area contributed by atoms with Crippen molar-refractivity contribution in [1.29, 1.82) is 0 Å². The zero-order chi connectivity index (χ0) is 23.7. The molecule has 3 fully saturated rings. The first-order valence-electron chi connectivity index (χ1n) is 12.4. The van der Waals surface area contributed by atoms with Crippen molar-refractivity contribution in [3.8, 4) is 11.8 Å². The molecule has 1 aromatic heterocycles. The molecule has 8 heteroatoms. The number of aliphatic hydroxyl groups excluding tert-OH is 1. The molecule has 3 aliphatic rings. The Labute approximate surface area is 202 Å². The molecule has 0 spiro atoms. The number of aromatic nitrogens is 2. The van der Waals surface area contributed by atoms with E-state index in [4.69, 9.17) is 0 Å². The smallest absolute Gasteiger partial charge is 0.262 e. The van der Waals surface area contributed by atoms with Crippen molar-refractivity contribution in [2.24, 2.45) is 13.0 Å². The highest BCUT2D eigenvalue weighted by Crippen LogP contribution is 2.42. The molecule has 0 unspecified atom stereocenters. The Balaban J connectivity index is 1.37. The summed E-state index contributed by atoms with van der Waals surface area (Å²) in [5.74, 6) is 7.36. The number of benzene rings is 1. The van der Waals surface area contributed by atoms with E-state index in [1.54, 1.807) is 22.1 Å². The Morgan fingerprint density at radius 1 is 1.09 bits per heavy atom. The SMILES string of the molecule is Cn1cnc(S(=O)(=O)N2CCCCN3[C@H](C2)[C@@H](c2ccc(C#CC4CCCC4)cc2)[C@@H]3CO)c1. The molecule has 0 radical (unpaired) electrons. The van der Waals surface area contributed by atoms with Gasteiger partial charge < -0.3 is 9.67 Å². The van der Waals surface area contributed by atoms with Gasteiger partial charge in [-0.3, -0.25) is 4.90 Å². The van der Waals surface area contributed by atoms with Gasteiger partial charge in [-0.2, -0.15) is 4.31 Å². The van der Waals surface area contributed by atoms with Gasteiger partial charge in [0.15, 0.2) is 5.03 Å². The Morgan fingerprint density at radius 2 is 1.82 bits per heavy atom. The van der Waals surface area contributed by atoms with Gasteiger partial charge in [0.05, 0.1) is 12.9 Å². The summed E-state index contributed by atoms with van der Waals surface area (Å²) in [5.41, 5.74) is 2.16. The molecule has 7 nitrogen and oxygen atoms in total. The topological polar surface area (TPSA) is 78.7 Å². The minimum atomic E-state index is -3.66. The van der Waals surface area contributed by atoms with E-state index in [2.05, 4.69) is 46.0 Å². The predicted molar refractivity (Wildman–Crippen MR) is 131 cm³/mol. The quantitative estimate of drug-likeness (QED) is 0.678. The lowest BCUT2D eigenvalue weighted by Gasteiger charge is -2.57. The lowest BCUT2D eigenvalue weighted by molar-refractivity contribution is -0.0554. The molecule has 2 aliphatic heterocycles. The van der Waals surface area contributed by atoms with Crippen molar-refractivity contribution >= 4 is 10.0 Å². The van der Waals surface area contributed by atoms with Crippen molar-refractivity contribution in [1.82, 2.24) is 18.8 Å². The molecular formula is C26H34N4O3S. The number of nitrogens with zero attached hydrogens (tertiary/aromatic N) is 4. The first-order chi connectivity index (χ1) is 16.5. The third-order valence-corrected chi connectivity index (χ3v) is 9.44. The highest BCUT2D eigenvalue weighted by molar-refractivity contribution is 7.89. The number of fused-ring (bicyclic) bond motifs is 1. The summed E-state index contributed by atoms with van der Waals surface area (Å²) in [7, 11) is -1.89. The zero-order valence-corrected chi connectivity index (χ0v) is 20.6. The number of aryl methyl sites for hydroxylation is 1.